The minimum Gasteiger partial charge on any atom is -0.477 e. The van der Waals surface area contributed by atoms with E-state index in [9.17, 15) is 14.7 Å². The Bertz CT molecular complexity index is 597. The van der Waals surface area contributed by atoms with Gasteiger partial charge >= 0.3 is 12.1 Å². The van der Waals surface area contributed by atoms with Crippen molar-refractivity contribution in [3.63, 3.8) is 0 Å². The minimum atomic E-state index is -0.958. The number of likely N-dealkylation sites (tertiary alicyclic amines) is 1. The molecule has 0 radical (unpaired) electrons. The number of pyridine rings is 1. The van der Waals surface area contributed by atoms with Crippen LogP contribution < -0.4 is 0 Å². The number of carbonyl (C=O) groups is 2. The van der Waals surface area contributed by atoms with E-state index in [-0.39, 0.29) is 10.4 Å². The van der Waals surface area contributed by atoms with Crippen LogP contribution in [-0.4, -0.2) is 51.4 Å². The molecule has 1 aromatic heterocycles. The van der Waals surface area contributed by atoms with E-state index in [0.717, 1.165) is 5.56 Å². The molecule has 3 atom stereocenters. The number of ether oxygens (including phenoxy) is 1. The molecule has 0 spiro atoms. The monoisotopic (exact) mass is 335 g/mol. The van der Waals surface area contributed by atoms with Crippen molar-refractivity contribution in [2.75, 3.05) is 13.1 Å². The highest BCUT2D eigenvalue weighted by molar-refractivity contribution is 5.77. The number of hydrogen-bond acceptors (Lipinski definition) is 4. The molecule has 1 fully saturated rings. The van der Waals surface area contributed by atoms with Crippen molar-refractivity contribution in [2.45, 2.75) is 58.1 Å². The minimum absolute atomic E-state index is 0.150. The lowest BCUT2D eigenvalue weighted by molar-refractivity contribution is -0.863. The molecule has 1 N–H and O–H groups in total. The van der Waals surface area contributed by atoms with Crippen molar-refractivity contribution in [2.24, 2.45) is 0 Å². The van der Waals surface area contributed by atoms with E-state index in [2.05, 4.69) is 4.98 Å². The Morgan fingerprint density at radius 3 is 2.62 bits per heavy atom. The maximum absolute atomic E-state index is 12.9. The second kappa shape index (κ2) is 6.89. The van der Waals surface area contributed by atoms with Crippen LogP contribution in [-0.2, 0) is 9.53 Å². The second-order valence-corrected chi connectivity index (χ2v) is 7.43. The summed E-state index contributed by atoms with van der Waals surface area (Å²) < 4.78 is 5.45. The first kappa shape index (κ1) is 18.4. The van der Waals surface area contributed by atoms with Gasteiger partial charge in [-0.25, -0.2) is 9.28 Å². The fraction of sp³-hybridized carbons (Fsp3) is 0.611. The molecule has 1 aliphatic rings. The van der Waals surface area contributed by atoms with E-state index < -0.39 is 23.7 Å². The van der Waals surface area contributed by atoms with Crippen LogP contribution in [0.1, 0.15) is 52.0 Å². The normalized spacial score (nSPS) is 27.0. The lowest BCUT2D eigenvalue weighted by Crippen LogP contribution is -2.61. The zero-order valence-electron chi connectivity index (χ0n) is 14.9. The van der Waals surface area contributed by atoms with Crippen LogP contribution in [0.25, 0.3) is 0 Å². The molecule has 1 saturated heterocycles. The molecule has 132 valence electrons. The summed E-state index contributed by atoms with van der Waals surface area (Å²) in [5.74, 6) is -1.20. The fourth-order valence-corrected chi connectivity index (χ4v) is 3.64. The molecule has 0 aliphatic carbocycles. The third-order valence-electron chi connectivity index (χ3n) is 4.50. The summed E-state index contributed by atoms with van der Waals surface area (Å²) >= 11 is 0. The first-order chi connectivity index (χ1) is 11.2. The summed E-state index contributed by atoms with van der Waals surface area (Å²) in [7, 11) is 0. The number of quaternary nitrogens is 1. The summed E-state index contributed by atoms with van der Waals surface area (Å²) in [6.45, 7) is 8.30. The van der Waals surface area contributed by atoms with Crippen LogP contribution in [0.5, 0.6) is 0 Å². The Hall–Kier alpha value is -1.95. The zero-order valence-corrected chi connectivity index (χ0v) is 14.9. The predicted molar refractivity (Wildman–Crippen MR) is 89.5 cm³/mol. The van der Waals surface area contributed by atoms with Gasteiger partial charge in [0.1, 0.15) is 5.60 Å². The molecule has 2 rings (SSSR count). The van der Waals surface area contributed by atoms with E-state index in [1.807, 2.05) is 13.0 Å². The number of carbonyl (C=O) groups excluding carboxylic acids is 1. The average molecular weight is 335 g/mol. The first-order valence-corrected chi connectivity index (χ1v) is 8.44. The van der Waals surface area contributed by atoms with Crippen molar-refractivity contribution < 1.29 is 23.9 Å². The first-order valence-electron chi connectivity index (χ1n) is 8.44. The van der Waals surface area contributed by atoms with Crippen LogP contribution in [0.15, 0.2) is 24.5 Å². The highest BCUT2D eigenvalue weighted by Gasteiger charge is 2.59. The third kappa shape index (κ3) is 3.59. The molecule has 1 aromatic rings. The molecule has 24 heavy (non-hydrogen) atoms. The highest BCUT2D eigenvalue weighted by Crippen LogP contribution is 2.40. The lowest BCUT2D eigenvalue weighted by Gasteiger charge is -2.36. The van der Waals surface area contributed by atoms with Gasteiger partial charge in [-0.15, -0.1) is 0 Å². The fourth-order valence-electron chi connectivity index (χ4n) is 3.64. The van der Waals surface area contributed by atoms with Gasteiger partial charge in [0.25, 0.3) is 0 Å². The number of nitrogens with zero attached hydrogens (tertiary/aromatic N) is 2. The largest absolute Gasteiger partial charge is 0.517 e. The van der Waals surface area contributed by atoms with Crippen LogP contribution in [0, 0.1) is 0 Å². The molecule has 1 aliphatic heterocycles. The van der Waals surface area contributed by atoms with Crippen LogP contribution in [0.4, 0.5) is 4.79 Å². The number of aliphatic carboxylic acids is 1. The Morgan fingerprint density at radius 1 is 1.42 bits per heavy atom. The summed E-state index contributed by atoms with van der Waals surface area (Å²) in [5, 5.41) is 9.91. The van der Waals surface area contributed by atoms with E-state index >= 15 is 0 Å². The van der Waals surface area contributed by atoms with E-state index in [1.165, 1.54) is 0 Å². The molecule has 2 heterocycles. The number of rotatable bonds is 4. The number of carboxylic acids is 1. The van der Waals surface area contributed by atoms with Gasteiger partial charge in [0.15, 0.2) is 0 Å². The second-order valence-electron chi connectivity index (χ2n) is 7.43. The Morgan fingerprint density at radius 2 is 2.12 bits per heavy atom. The molecule has 0 aromatic carbocycles. The summed E-state index contributed by atoms with van der Waals surface area (Å²) in [6, 6.07) is 2.84. The van der Waals surface area contributed by atoms with Gasteiger partial charge in [-0.05, 0) is 38.8 Å². The molecular weight excluding hydrogens is 308 g/mol. The Labute approximate surface area is 143 Å². The molecule has 0 bridgehead atoms. The molecule has 6 heteroatoms. The number of hydrogen-bond donors (Lipinski definition) is 1. The lowest BCUT2D eigenvalue weighted by atomic mass is 9.92. The summed E-state index contributed by atoms with van der Waals surface area (Å²) in [6.07, 6.45) is 4.26. The quantitative estimate of drug-likeness (QED) is 0.855. The van der Waals surface area contributed by atoms with Crippen LogP contribution >= 0.6 is 0 Å². The smallest absolute Gasteiger partial charge is 0.477 e. The maximum Gasteiger partial charge on any atom is 0.517 e. The molecule has 1 amide bonds. The van der Waals surface area contributed by atoms with Crippen molar-refractivity contribution in [1.29, 1.82) is 0 Å². The highest BCUT2D eigenvalue weighted by atomic mass is 16.6. The van der Waals surface area contributed by atoms with Crippen molar-refractivity contribution in [1.82, 2.24) is 4.98 Å². The van der Waals surface area contributed by atoms with E-state index in [0.29, 0.717) is 25.9 Å². The standard InChI is InChI=1S/C18H26N2O4/c1-5-10-20(17(23)24-18(2,3)4)11-8-14(15(20)16(21)22)13-7-6-9-19-12-13/h6-7,9,12,14-15H,5,8,10-11H2,1-4H3/p+1. The van der Waals surface area contributed by atoms with Gasteiger partial charge in [-0.1, -0.05) is 13.0 Å². The molecule has 6 nitrogen and oxygen atoms in total. The van der Waals surface area contributed by atoms with Crippen molar-refractivity contribution in [3.8, 4) is 0 Å². The molecular formula is C18H27N2O4+. The number of aromatic nitrogens is 1. The van der Waals surface area contributed by atoms with Crippen molar-refractivity contribution in [3.05, 3.63) is 30.1 Å². The summed E-state index contributed by atoms with van der Waals surface area (Å²) in [4.78, 5) is 29.1. The van der Waals surface area contributed by atoms with Gasteiger partial charge in [-0.3, -0.25) is 4.98 Å². The number of carboxylic acid groups (broad SMARTS) is 1. The van der Waals surface area contributed by atoms with E-state index in [1.54, 1.807) is 39.2 Å². The molecule has 0 saturated carbocycles. The summed E-state index contributed by atoms with van der Waals surface area (Å²) in [5.41, 5.74) is 0.218. The average Bonchev–Trinajstić information content (AvgIpc) is 2.88. The van der Waals surface area contributed by atoms with Gasteiger partial charge in [-0.2, -0.15) is 4.79 Å². The Kier molecular flexibility index (Phi) is 5.28. The maximum atomic E-state index is 12.9. The van der Waals surface area contributed by atoms with Crippen molar-refractivity contribution >= 4 is 12.1 Å². The zero-order chi connectivity index (χ0) is 18.0. The van der Waals surface area contributed by atoms with Gasteiger partial charge in [0.05, 0.1) is 19.0 Å². The van der Waals surface area contributed by atoms with Crippen LogP contribution in [0.3, 0.4) is 0 Å². The van der Waals surface area contributed by atoms with Gasteiger partial charge in [0, 0.05) is 18.8 Å². The Balaban J connectivity index is 2.43. The topological polar surface area (TPSA) is 76.5 Å². The predicted octanol–water partition coefficient (Wildman–Crippen LogP) is 3.18. The third-order valence-corrected chi connectivity index (χ3v) is 4.50. The molecule has 3 unspecified atom stereocenters. The SMILES string of the molecule is CCC[N+]1(C(=O)OC(C)(C)C)CCC(c2cccnc2)C1C(=O)O. The van der Waals surface area contributed by atoms with E-state index in [4.69, 9.17) is 4.74 Å². The van der Waals surface area contributed by atoms with Crippen LogP contribution in [0.2, 0.25) is 0 Å². The van der Waals surface area contributed by atoms with Gasteiger partial charge < -0.3 is 9.84 Å². The van der Waals surface area contributed by atoms with Gasteiger partial charge in [0.2, 0.25) is 6.04 Å². The number of amides is 1.